The molecule has 0 spiro atoms. The van der Waals surface area contributed by atoms with E-state index < -0.39 is 0 Å². The third kappa shape index (κ3) is 4.00. The number of carbonyl (C=O) groups is 2. The van der Waals surface area contributed by atoms with Crippen molar-refractivity contribution in [2.24, 2.45) is 0 Å². The molecule has 0 aliphatic rings. The van der Waals surface area contributed by atoms with Crippen molar-refractivity contribution in [3.63, 3.8) is 0 Å². The number of Topliss-reactive ketones (excluding diaryl/α,β-unsaturated/α-hetero) is 1. The maximum absolute atomic E-state index is 12.4. The molecule has 0 saturated heterocycles. The number of rotatable bonds is 6. The predicted molar refractivity (Wildman–Crippen MR) is 102 cm³/mol. The molecule has 0 aliphatic heterocycles. The second kappa shape index (κ2) is 7.97. The predicted octanol–water partition coefficient (Wildman–Crippen LogP) is 4.50. The number of fused-ring (bicyclic) bond motifs is 1. The number of ether oxygens (including phenoxy) is 1. The molecule has 0 radical (unpaired) electrons. The number of hydrogen-bond acceptors (Lipinski definition) is 4. The molecular weight excluding hydrogens is 352 g/mol. The second-order valence-corrected chi connectivity index (χ2v) is 6.13. The van der Waals surface area contributed by atoms with Gasteiger partial charge in [0.25, 0.3) is 0 Å². The molecule has 1 amide bonds. The van der Waals surface area contributed by atoms with E-state index in [9.17, 15) is 9.59 Å². The van der Waals surface area contributed by atoms with Crippen LogP contribution in [0.15, 0.2) is 54.7 Å². The number of methoxy groups -OCH3 is 1. The van der Waals surface area contributed by atoms with Crippen LogP contribution in [0.2, 0.25) is 5.02 Å². The van der Waals surface area contributed by atoms with Crippen LogP contribution in [0.4, 0.5) is 5.69 Å². The van der Waals surface area contributed by atoms with Gasteiger partial charge in [0.05, 0.1) is 23.9 Å². The summed E-state index contributed by atoms with van der Waals surface area (Å²) in [6.07, 6.45) is 1.78. The van der Waals surface area contributed by atoms with Crippen LogP contribution < -0.4 is 10.1 Å². The lowest BCUT2D eigenvalue weighted by Gasteiger charge is -2.09. The van der Waals surface area contributed by atoms with Crippen molar-refractivity contribution in [2.45, 2.75) is 12.8 Å². The van der Waals surface area contributed by atoms with E-state index in [0.29, 0.717) is 27.5 Å². The molecule has 3 rings (SSSR count). The molecule has 2 aromatic carbocycles. The van der Waals surface area contributed by atoms with Crippen molar-refractivity contribution in [3.8, 4) is 5.75 Å². The summed E-state index contributed by atoms with van der Waals surface area (Å²) in [5, 5.41) is 4.20. The number of pyridine rings is 1. The highest BCUT2D eigenvalue weighted by atomic mass is 35.5. The Bertz CT molecular complexity index is 967. The Morgan fingerprint density at radius 3 is 2.73 bits per heavy atom. The highest BCUT2D eigenvalue weighted by Gasteiger charge is 2.15. The molecule has 132 valence electrons. The lowest BCUT2D eigenvalue weighted by atomic mass is 10.1. The van der Waals surface area contributed by atoms with E-state index in [2.05, 4.69) is 10.3 Å². The molecule has 0 aliphatic carbocycles. The van der Waals surface area contributed by atoms with Crippen LogP contribution in [0, 0.1) is 0 Å². The van der Waals surface area contributed by atoms with Crippen LogP contribution in [0.5, 0.6) is 5.75 Å². The lowest BCUT2D eigenvalue weighted by molar-refractivity contribution is -0.116. The number of nitrogens with zero attached hydrogens (tertiary/aromatic N) is 1. The standard InChI is InChI=1S/C20H17ClN2O3/c1-26-18-9-7-14(21)12-15(18)17(24)8-10-19(25)23-16-6-2-4-13-5-3-11-22-20(13)16/h2-7,9,11-12H,8,10H2,1H3,(H,23,25). The van der Waals surface area contributed by atoms with Gasteiger partial charge in [0, 0.05) is 29.4 Å². The van der Waals surface area contributed by atoms with Crippen molar-refractivity contribution in [1.82, 2.24) is 4.98 Å². The van der Waals surface area contributed by atoms with Gasteiger partial charge in [0.15, 0.2) is 5.78 Å². The molecule has 0 bridgehead atoms. The Balaban J connectivity index is 1.67. The van der Waals surface area contributed by atoms with Crippen LogP contribution in [-0.4, -0.2) is 23.8 Å². The van der Waals surface area contributed by atoms with Gasteiger partial charge in [-0.3, -0.25) is 14.6 Å². The number of ketones is 1. The van der Waals surface area contributed by atoms with Crippen LogP contribution in [0.3, 0.4) is 0 Å². The Kier molecular flexibility index (Phi) is 5.49. The first-order chi connectivity index (χ1) is 12.6. The minimum Gasteiger partial charge on any atom is -0.496 e. The van der Waals surface area contributed by atoms with Gasteiger partial charge in [-0.05, 0) is 30.3 Å². The van der Waals surface area contributed by atoms with Crippen molar-refractivity contribution in [2.75, 3.05) is 12.4 Å². The SMILES string of the molecule is COc1ccc(Cl)cc1C(=O)CCC(=O)Nc1cccc2cccnc12. The van der Waals surface area contributed by atoms with E-state index in [0.717, 1.165) is 5.39 Å². The van der Waals surface area contributed by atoms with Gasteiger partial charge in [0.1, 0.15) is 5.75 Å². The van der Waals surface area contributed by atoms with Crippen LogP contribution in [0.1, 0.15) is 23.2 Å². The van der Waals surface area contributed by atoms with Gasteiger partial charge in [-0.2, -0.15) is 0 Å². The van der Waals surface area contributed by atoms with E-state index in [-0.39, 0.29) is 24.5 Å². The summed E-state index contributed by atoms with van der Waals surface area (Å²) in [7, 11) is 1.49. The van der Waals surface area contributed by atoms with Crippen molar-refractivity contribution in [3.05, 3.63) is 65.3 Å². The molecule has 0 atom stereocenters. The fraction of sp³-hybridized carbons (Fsp3) is 0.150. The zero-order valence-corrected chi connectivity index (χ0v) is 14.9. The second-order valence-electron chi connectivity index (χ2n) is 5.70. The topological polar surface area (TPSA) is 68.3 Å². The number of para-hydroxylation sites is 1. The highest BCUT2D eigenvalue weighted by molar-refractivity contribution is 6.31. The van der Waals surface area contributed by atoms with Gasteiger partial charge in [-0.15, -0.1) is 0 Å². The van der Waals surface area contributed by atoms with Gasteiger partial charge in [-0.1, -0.05) is 29.8 Å². The summed E-state index contributed by atoms with van der Waals surface area (Å²) >= 11 is 5.95. The van der Waals surface area contributed by atoms with Crippen molar-refractivity contribution >= 4 is 39.9 Å². The fourth-order valence-electron chi connectivity index (χ4n) is 2.68. The highest BCUT2D eigenvalue weighted by Crippen LogP contribution is 2.25. The molecule has 3 aromatic rings. The average Bonchev–Trinajstić information content (AvgIpc) is 2.66. The van der Waals surface area contributed by atoms with E-state index in [1.807, 2.05) is 24.3 Å². The Morgan fingerprint density at radius 2 is 1.92 bits per heavy atom. The van der Waals surface area contributed by atoms with Gasteiger partial charge in [0.2, 0.25) is 5.91 Å². The number of amides is 1. The van der Waals surface area contributed by atoms with E-state index in [4.69, 9.17) is 16.3 Å². The average molecular weight is 369 g/mol. The number of halogens is 1. The minimum atomic E-state index is -0.252. The number of hydrogen-bond donors (Lipinski definition) is 1. The number of anilines is 1. The van der Waals surface area contributed by atoms with Crippen molar-refractivity contribution < 1.29 is 14.3 Å². The minimum absolute atomic E-state index is 0.0533. The number of carbonyl (C=O) groups excluding carboxylic acids is 2. The molecule has 5 nitrogen and oxygen atoms in total. The van der Waals surface area contributed by atoms with Crippen LogP contribution >= 0.6 is 11.6 Å². The molecule has 1 N–H and O–H groups in total. The Hall–Kier alpha value is -2.92. The summed E-state index contributed by atoms with van der Waals surface area (Å²) in [6, 6.07) is 14.2. The Labute approximate surface area is 156 Å². The summed E-state index contributed by atoms with van der Waals surface area (Å²) < 4.78 is 5.18. The molecule has 0 fully saturated rings. The maximum atomic E-state index is 12.4. The smallest absolute Gasteiger partial charge is 0.224 e. The summed E-state index contributed by atoms with van der Waals surface area (Å²) in [6.45, 7) is 0. The molecular formula is C20H17ClN2O3. The molecule has 26 heavy (non-hydrogen) atoms. The third-order valence-electron chi connectivity index (χ3n) is 3.95. The zero-order valence-electron chi connectivity index (χ0n) is 14.2. The number of benzene rings is 2. The van der Waals surface area contributed by atoms with Gasteiger partial charge >= 0.3 is 0 Å². The molecule has 1 aromatic heterocycles. The Morgan fingerprint density at radius 1 is 1.12 bits per heavy atom. The number of nitrogens with one attached hydrogen (secondary N) is 1. The first-order valence-corrected chi connectivity index (χ1v) is 8.46. The van der Waals surface area contributed by atoms with E-state index in [1.54, 1.807) is 30.5 Å². The first-order valence-electron chi connectivity index (χ1n) is 8.09. The third-order valence-corrected chi connectivity index (χ3v) is 4.18. The summed E-state index contributed by atoms with van der Waals surface area (Å²) in [5.74, 6) is -0.00824. The van der Waals surface area contributed by atoms with E-state index in [1.165, 1.54) is 7.11 Å². The molecule has 0 unspecified atom stereocenters. The fourth-order valence-corrected chi connectivity index (χ4v) is 2.85. The first kappa shape index (κ1) is 17.9. The molecule has 6 heteroatoms. The zero-order chi connectivity index (χ0) is 18.5. The maximum Gasteiger partial charge on any atom is 0.224 e. The molecule has 0 saturated carbocycles. The van der Waals surface area contributed by atoms with Crippen molar-refractivity contribution in [1.29, 1.82) is 0 Å². The summed E-state index contributed by atoms with van der Waals surface area (Å²) in [4.78, 5) is 29.0. The normalized spacial score (nSPS) is 10.5. The van der Waals surface area contributed by atoms with Gasteiger partial charge < -0.3 is 10.1 Å². The molecule has 1 heterocycles. The monoisotopic (exact) mass is 368 g/mol. The lowest BCUT2D eigenvalue weighted by Crippen LogP contribution is -2.14. The van der Waals surface area contributed by atoms with Crippen LogP contribution in [-0.2, 0) is 4.79 Å². The summed E-state index contributed by atoms with van der Waals surface area (Å²) in [5.41, 5.74) is 1.71. The largest absolute Gasteiger partial charge is 0.496 e. The van der Waals surface area contributed by atoms with Crippen LogP contribution in [0.25, 0.3) is 10.9 Å². The van der Waals surface area contributed by atoms with Gasteiger partial charge in [-0.25, -0.2) is 0 Å². The quantitative estimate of drug-likeness (QED) is 0.650. The number of aromatic nitrogens is 1. The van der Waals surface area contributed by atoms with E-state index >= 15 is 0 Å².